The smallest absolute Gasteiger partial charge is 0.416 e. The summed E-state index contributed by atoms with van der Waals surface area (Å²) in [6, 6.07) is 13.1. The second kappa shape index (κ2) is 12.8. The Morgan fingerprint density at radius 2 is 1.72 bits per heavy atom. The first-order chi connectivity index (χ1) is 18.6. The predicted molar refractivity (Wildman–Crippen MR) is 143 cm³/mol. The Labute approximate surface area is 227 Å². The minimum atomic E-state index is -4.53. The van der Waals surface area contributed by atoms with Crippen molar-refractivity contribution in [2.45, 2.75) is 49.9 Å². The van der Waals surface area contributed by atoms with Crippen molar-refractivity contribution in [1.82, 2.24) is 20.4 Å². The van der Waals surface area contributed by atoms with E-state index in [2.05, 4.69) is 44.7 Å². The van der Waals surface area contributed by atoms with Crippen LogP contribution in [0.15, 0.2) is 48.5 Å². The van der Waals surface area contributed by atoms with E-state index in [1.807, 2.05) is 14.1 Å². The van der Waals surface area contributed by atoms with Gasteiger partial charge in [0.25, 0.3) is 5.91 Å². The number of hydrogen-bond acceptors (Lipinski definition) is 5. The lowest BCUT2D eigenvalue weighted by Crippen LogP contribution is -2.63. The van der Waals surface area contributed by atoms with Crippen LogP contribution in [0.4, 0.5) is 13.2 Å². The van der Waals surface area contributed by atoms with E-state index in [4.69, 9.17) is 4.74 Å². The van der Waals surface area contributed by atoms with Gasteiger partial charge in [0.1, 0.15) is 12.4 Å². The number of ether oxygens (including phenoxy) is 1. The summed E-state index contributed by atoms with van der Waals surface area (Å²) >= 11 is 0. The van der Waals surface area contributed by atoms with Crippen molar-refractivity contribution in [3.05, 3.63) is 65.2 Å². The maximum Gasteiger partial charge on any atom is 0.416 e. The van der Waals surface area contributed by atoms with Crippen molar-refractivity contribution in [2.75, 3.05) is 46.9 Å². The summed E-state index contributed by atoms with van der Waals surface area (Å²) < 4.78 is 44.4. The number of likely N-dealkylation sites (N-methyl/N-ethyl adjacent to an activating group) is 1. The largest absolute Gasteiger partial charge is 0.492 e. The number of likely N-dealkylation sites (tertiary alicyclic amines) is 1. The lowest BCUT2D eigenvalue weighted by molar-refractivity contribution is -0.137. The van der Waals surface area contributed by atoms with Gasteiger partial charge in [-0.15, -0.1) is 0 Å². The second-order valence-corrected chi connectivity index (χ2v) is 10.7. The number of nitrogens with one attached hydrogen (secondary N) is 2. The summed E-state index contributed by atoms with van der Waals surface area (Å²) in [5.74, 6) is 0.389. The number of amides is 2. The Bertz CT molecular complexity index is 1110. The molecule has 4 rings (SSSR count). The third kappa shape index (κ3) is 8.19. The van der Waals surface area contributed by atoms with E-state index < -0.39 is 17.6 Å². The zero-order valence-corrected chi connectivity index (χ0v) is 22.5. The summed E-state index contributed by atoms with van der Waals surface area (Å²) in [4.78, 5) is 28.9. The second-order valence-electron chi connectivity index (χ2n) is 10.7. The molecule has 0 bridgehead atoms. The number of rotatable bonds is 10. The van der Waals surface area contributed by atoms with E-state index in [0.29, 0.717) is 18.6 Å². The van der Waals surface area contributed by atoms with Gasteiger partial charge in [0.2, 0.25) is 5.91 Å². The lowest BCUT2D eigenvalue weighted by atomic mass is 9.80. The summed E-state index contributed by atoms with van der Waals surface area (Å²) in [5, 5.41) is 5.30. The van der Waals surface area contributed by atoms with E-state index in [-0.39, 0.29) is 24.1 Å². The average Bonchev–Trinajstić information content (AvgIpc) is 2.89. The Morgan fingerprint density at radius 3 is 2.36 bits per heavy atom. The van der Waals surface area contributed by atoms with Gasteiger partial charge in [-0.05, 0) is 81.6 Å². The molecular weight excluding hydrogens is 509 g/mol. The molecule has 2 aromatic rings. The summed E-state index contributed by atoms with van der Waals surface area (Å²) in [6.45, 7) is 2.80. The zero-order chi connectivity index (χ0) is 28.0. The summed E-state index contributed by atoms with van der Waals surface area (Å²) in [5.41, 5.74) is 0.323. The SMILES string of the molecule is CN(C)CCOc1ccc([C@H]2CC[C@@H](N3CC(NC(=O)CNC(=O)c4cccc(C(F)(F)F)c4)C3)CC2)cc1. The first-order valence-electron chi connectivity index (χ1n) is 13.4. The highest BCUT2D eigenvalue weighted by molar-refractivity contribution is 5.96. The van der Waals surface area contributed by atoms with E-state index in [1.165, 1.54) is 17.7 Å². The molecule has 0 aromatic heterocycles. The van der Waals surface area contributed by atoms with Gasteiger partial charge in [-0.1, -0.05) is 18.2 Å². The quantitative estimate of drug-likeness (QED) is 0.473. The van der Waals surface area contributed by atoms with Crippen LogP contribution in [0.25, 0.3) is 0 Å². The fourth-order valence-corrected chi connectivity index (χ4v) is 5.24. The van der Waals surface area contributed by atoms with Crippen LogP contribution in [-0.2, 0) is 11.0 Å². The molecule has 1 aliphatic heterocycles. The van der Waals surface area contributed by atoms with Crippen LogP contribution in [-0.4, -0.2) is 80.6 Å². The summed E-state index contributed by atoms with van der Waals surface area (Å²) in [7, 11) is 4.05. The molecule has 2 N–H and O–H groups in total. The molecule has 2 aromatic carbocycles. The van der Waals surface area contributed by atoms with Crippen LogP contribution in [0.3, 0.4) is 0 Å². The van der Waals surface area contributed by atoms with Crippen molar-refractivity contribution in [3.8, 4) is 5.75 Å². The minimum Gasteiger partial charge on any atom is -0.492 e. The van der Waals surface area contributed by atoms with Crippen LogP contribution in [0.1, 0.15) is 53.1 Å². The molecular formula is C29H37F3N4O3. The highest BCUT2D eigenvalue weighted by atomic mass is 19.4. The number of hydrogen-bond donors (Lipinski definition) is 2. The topological polar surface area (TPSA) is 73.9 Å². The molecule has 1 saturated heterocycles. The highest BCUT2D eigenvalue weighted by Gasteiger charge is 2.35. The third-order valence-electron chi connectivity index (χ3n) is 7.51. The van der Waals surface area contributed by atoms with Gasteiger partial charge in [0, 0.05) is 31.2 Å². The predicted octanol–water partition coefficient (Wildman–Crippen LogP) is 3.90. The van der Waals surface area contributed by atoms with Crippen LogP contribution in [0.2, 0.25) is 0 Å². The molecule has 212 valence electrons. The Morgan fingerprint density at radius 1 is 1.03 bits per heavy atom. The molecule has 1 heterocycles. The van der Waals surface area contributed by atoms with Gasteiger partial charge in [0.15, 0.2) is 0 Å². The number of nitrogens with zero attached hydrogens (tertiary/aromatic N) is 2. The van der Waals surface area contributed by atoms with Gasteiger partial charge >= 0.3 is 6.18 Å². The molecule has 0 spiro atoms. The van der Waals surface area contributed by atoms with Crippen LogP contribution < -0.4 is 15.4 Å². The molecule has 2 fully saturated rings. The molecule has 7 nitrogen and oxygen atoms in total. The number of carbonyl (C=O) groups excluding carboxylic acids is 2. The third-order valence-corrected chi connectivity index (χ3v) is 7.51. The van der Waals surface area contributed by atoms with Crippen molar-refractivity contribution >= 4 is 11.8 Å². The zero-order valence-electron chi connectivity index (χ0n) is 22.5. The van der Waals surface area contributed by atoms with Gasteiger partial charge in [-0.2, -0.15) is 13.2 Å². The first-order valence-corrected chi connectivity index (χ1v) is 13.4. The molecule has 2 aliphatic rings. The van der Waals surface area contributed by atoms with Crippen molar-refractivity contribution in [3.63, 3.8) is 0 Å². The first kappa shape index (κ1) is 28.9. The number of carbonyl (C=O) groups is 2. The molecule has 1 aliphatic carbocycles. The van der Waals surface area contributed by atoms with Crippen molar-refractivity contribution in [2.24, 2.45) is 0 Å². The van der Waals surface area contributed by atoms with Gasteiger partial charge < -0.3 is 20.3 Å². The van der Waals surface area contributed by atoms with E-state index in [0.717, 1.165) is 63.2 Å². The number of alkyl halides is 3. The summed E-state index contributed by atoms with van der Waals surface area (Å²) in [6.07, 6.45) is -0.0599. The Kier molecular flexibility index (Phi) is 9.50. The standard InChI is InChI=1S/C29H37F3N4O3/c1-35(2)14-15-39-26-12-8-21(9-13-26)20-6-10-25(11-7-20)36-18-24(19-36)34-27(37)17-33-28(38)22-4-3-5-23(16-22)29(30,31)32/h3-5,8-9,12-13,16,20,24-25H,6-7,10-11,14-15,17-19H2,1-2H3,(H,33,38)(H,34,37)/t20-,25+. The van der Waals surface area contributed by atoms with Crippen LogP contribution in [0, 0.1) is 0 Å². The van der Waals surface area contributed by atoms with E-state index in [1.54, 1.807) is 0 Å². The van der Waals surface area contributed by atoms with Gasteiger partial charge in [-0.3, -0.25) is 14.5 Å². The van der Waals surface area contributed by atoms with Gasteiger partial charge in [0.05, 0.1) is 18.2 Å². The molecule has 39 heavy (non-hydrogen) atoms. The minimum absolute atomic E-state index is 0.0146. The van der Waals surface area contributed by atoms with E-state index in [9.17, 15) is 22.8 Å². The van der Waals surface area contributed by atoms with Crippen molar-refractivity contribution in [1.29, 1.82) is 0 Å². The average molecular weight is 547 g/mol. The Balaban J connectivity index is 1.13. The fraction of sp³-hybridized carbons (Fsp3) is 0.517. The molecule has 0 radical (unpaired) electrons. The molecule has 1 saturated carbocycles. The Hall–Kier alpha value is -3.11. The van der Waals surface area contributed by atoms with Gasteiger partial charge in [-0.25, -0.2) is 0 Å². The molecule has 10 heteroatoms. The molecule has 0 atom stereocenters. The number of benzene rings is 2. The highest BCUT2D eigenvalue weighted by Crippen LogP contribution is 2.36. The maximum atomic E-state index is 12.9. The lowest BCUT2D eigenvalue weighted by Gasteiger charge is -2.46. The fourth-order valence-electron chi connectivity index (χ4n) is 5.24. The van der Waals surface area contributed by atoms with Crippen molar-refractivity contribution < 1.29 is 27.5 Å². The normalized spacial score (nSPS) is 20.4. The maximum absolute atomic E-state index is 12.9. The van der Waals surface area contributed by atoms with E-state index >= 15 is 0 Å². The monoisotopic (exact) mass is 546 g/mol. The van der Waals surface area contributed by atoms with Crippen LogP contribution in [0.5, 0.6) is 5.75 Å². The molecule has 0 unspecified atom stereocenters. The number of halogens is 3. The molecule has 2 amide bonds. The van der Waals surface area contributed by atoms with Crippen LogP contribution >= 0.6 is 0 Å².